The zero-order valence-electron chi connectivity index (χ0n) is 15.4. The van der Waals surface area contributed by atoms with E-state index in [0.717, 1.165) is 0 Å². The smallest absolute Gasteiger partial charge is 0.255 e. The van der Waals surface area contributed by atoms with Crippen LogP contribution in [0.3, 0.4) is 0 Å². The monoisotopic (exact) mass is 366 g/mol. The number of aromatic amines is 1. The minimum Gasteiger partial charge on any atom is -0.398 e. The molecule has 8 nitrogen and oxygen atoms in total. The molecule has 0 unspecified atom stereocenters. The molecule has 0 aliphatic carbocycles. The number of hydrogen-bond acceptors (Lipinski definition) is 6. The number of rotatable bonds is 4. The number of nitrogens with zero attached hydrogens (tertiary/aromatic N) is 2. The lowest BCUT2D eigenvalue weighted by molar-refractivity contribution is 0.0921. The SMILES string of the molecule is CC(C)(C)NC(=O)c1c[nH]c2ncc(C(=N)c3cccc(CO)c3N)nc12. The maximum absolute atomic E-state index is 12.5. The van der Waals surface area contributed by atoms with Crippen molar-refractivity contribution in [1.82, 2.24) is 20.3 Å². The van der Waals surface area contributed by atoms with Crippen molar-refractivity contribution in [2.75, 3.05) is 5.73 Å². The first-order chi connectivity index (χ1) is 12.7. The maximum atomic E-state index is 12.5. The van der Waals surface area contributed by atoms with Crippen LogP contribution >= 0.6 is 0 Å². The summed E-state index contributed by atoms with van der Waals surface area (Å²) in [6.07, 6.45) is 3.01. The summed E-state index contributed by atoms with van der Waals surface area (Å²) < 4.78 is 0. The van der Waals surface area contributed by atoms with Gasteiger partial charge in [-0.25, -0.2) is 9.97 Å². The summed E-state index contributed by atoms with van der Waals surface area (Å²) in [5, 5.41) is 20.7. The van der Waals surface area contributed by atoms with Gasteiger partial charge in [0.2, 0.25) is 0 Å². The van der Waals surface area contributed by atoms with E-state index in [0.29, 0.717) is 33.5 Å². The number of benzene rings is 1. The van der Waals surface area contributed by atoms with Gasteiger partial charge in [-0.15, -0.1) is 0 Å². The number of para-hydroxylation sites is 1. The van der Waals surface area contributed by atoms with Crippen molar-refractivity contribution >= 4 is 28.5 Å². The number of amides is 1. The third-order valence-corrected chi connectivity index (χ3v) is 4.01. The highest BCUT2D eigenvalue weighted by Crippen LogP contribution is 2.22. The highest BCUT2D eigenvalue weighted by atomic mass is 16.3. The minimum atomic E-state index is -0.391. The molecule has 1 amide bonds. The number of anilines is 1. The van der Waals surface area contributed by atoms with Crippen molar-refractivity contribution in [1.29, 1.82) is 5.41 Å². The summed E-state index contributed by atoms with van der Waals surface area (Å²) >= 11 is 0. The average molecular weight is 366 g/mol. The number of fused-ring (bicyclic) bond motifs is 1. The fraction of sp³-hybridized carbons (Fsp3) is 0.263. The lowest BCUT2D eigenvalue weighted by atomic mass is 10.0. The van der Waals surface area contributed by atoms with E-state index in [1.54, 1.807) is 24.4 Å². The van der Waals surface area contributed by atoms with E-state index in [9.17, 15) is 9.90 Å². The van der Waals surface area contributed by atoms with Crippen LogP contribution in [0.4, 0.5) is 5.69 Å². The molecular weight excluding hydrogens is 344 g/mol. The molecule has 0 fully saturated rings. The van der Waals surface area contributed by atoms with Crippen molar-refractivity contribution in [3.05, 3.63) is 53.0 Å². The quantitative estimate of drug-likeness (QED) is 0.355. The Morgan fingerprint density at radius 1 is 1.33 bits per heavy atom. The zero-order valence-corrected chi connectivity index (χ0v) is 15.4. The molecule has 27 heavy (non-hydrogen) atoms. The Labute approximate surface area is 156 Å². The van der Waals surface area contributed by atoms with Crippen LogP contribution in [0.5, 0.6) is 0 Å². The maximum Gasteiger partial charge on any atom is 0.255 e. The molecule has 0 spiro atoms. The number of nitrogen functional groups attached to an aromatic ring is 1. The molecule has 6 N–H and O–H groups in total. The van der Waals surface area contributed by atoms with Gasteiger partial charge in [-0.1, -0.05) is 18.2 Å². The molecule has 2 aromatic heterocycles. The predicted molar refractivity (Wildman–Crippen MR) is 104 cm³/mol. The normalized spacial score (nSPS) is 11.6. The Hall–Kier alpha value is -3.26. The van der Waals surface area contributed by atoms with E-state index in [4.69, 9.17) is 11.1 Å². The third-order valence-electron chi connectivity index (χ3n) is 4.01. The van der Waals surface area contributed by atoms with E-state index in [-0.39, 0.29) is 23.9 Å². The van der Waals surface area contributed by atoms with Gasteiger partial charge in [0.05, 0.1) is 24.1 Å². The number of nitrogens with one attached hydrogen (secondary N) is 3. The molecule has 0 bridgehead atoms. The molecule has 0 saturated heterocycles. The third kappa shape index (κ3) is 3.65. The van der Waals surface area contributed by atoms with Crippen LogP contribution in [-0.4, -0.2) is 37.2 Å². The van der Waals surface area contributed by atoms with Gasteiger partial charge in [0, 0.05) is 28.6 Å². The summed E-state index contributed by atoms with van der Waals surface area (Å²) in [4.78, 5) is 24.2. The number of carbonyl (C=O) groups is 1. The first-order valence-corrected chi connectivity index (χ1v) is 8.45. The molecule has 0 saturated carbocycles. The second-order valence-electron chi connectivity index (χ2n) is 7.27. The standard InChI is InChI=1S/C19H22N6O2/c1-19(2,3)25-18(27)12-7-22-17-16(12)24-13(8-23-17)15(21)11-6-4-5-10(9-26)14(11)20/h4-8,21,26H,9,20H2,1-3H3,(H,22,23)(H,25,27). The summed E-state index contributed by atoms with van der Waals surface area (Å²) in [5.41, 5.74) is 8.54. The molecule has 3 rings (SSSR count). The number of H-pyrrole nitrogens is 1. The Morgan fingerprint density at radius 3 is 2.74 bits per heavy atom. The van der Waals surface area contributed by atoms with E-state index in [1.807, 2.05) is 20.8 Å². The first-order valence-electron chi connectivity index (χ1n) is 8.45. The van der Waals surface area contributed by atoms with Gasteiger partial charge < -0.3 is 21.1 Å². The second kappa shape index (κ2) is 6.81. The highest BCUT2D eigenvalue weighted by molar-refractivity contribution is 6.14. The summed E-state index contributed by atoms with van der Waals surface area (Å²) in [6, 6.07) is 5.10. The van der Waals surface area contributed by atoms with E-state index >= 15 is 0 Å². The molecule has 0 atom stereocenters. The number of carbonyl (C=O) groups excluding carboxylic acids is 1. The summed E-state index contributed by atoms with van der Waals surface area (Å²) in [7, 11) is 0. The van der Waals surface area contributed by atoms with Crippen LogP contribution in [0.1, 0.15) is 48.0 Å². The number of aromatic nitrogens is 3. The molecule has 3 aromatic rings. The van der Waals surface area contributed by atoms with E-state index < -0.39 is 5.54 Å². The fourth-order valence-corrected chi connectivity index (χ4v) is 2.70. The molecule has 8 heteroatoms. The molecule has 2 heterocycles. The Balaban J connectivity index is 2.03. The fourth-order valence-electron chi connectivity index (χ4n) is 2.70. The number of aliphatic hydroxyl groups is 1. The number of aliphatic hydroxyl groups excluding tert-OH is 1. The van der Waals surface area contributed by atoms with Gasteiger partial charge in [-0.2, -0.15) is 0 Å². The van der Waals surface area contributed by atoms with Crippen LogP contribution in [-0.2, 0) is 6.61 Å². The van der Waals surface area contributed by atoms with Crippen molar-refractivity contribution in [2.24, 2.45) is 0 Å². The van der Waals surface area contributed by atoms with Gasteiger partial charge >= 0.3 is 0 Å². The van der Waals surface area contributed by atoms with E-state index in [2.05, 4.69) is 20.3 Å². The lowest BCUT2D eigenvalue weighted by Gasteiger charge is -2.20. The van der Waals surface area contributed by atoms with Gasteiger partial charge in [-0.05, 0) is 20.8 Å². The van der Waals surface area contributed by atoms with Crippen LogP contribution < -0.4 is 11.1 Å². The topological polar surface area (TPSA) is 141 Å². The first kappa shape index (κ1) is 18.5. The van der Waals surface area contributed by atoms with Crippen molar-refractivity contribution < 1.29 is 9.90 Å². The van der Waals surface area contributed by atoms with Gasteiger partial charge in [-0.3, -0.25) is 10.2 Å². The summed E-state index contributed by atoms with van der Waals surface area (Å²) in [6.45, 7) is 5.46. The van der Waals surface area contributed by atoms with Crippen LogP contribution in [0.15, 0.2) is 30.6 Å². The Kier molecular flexibility index (Phi) is 4.67. The minimum absolute atomic E-state index is 0.0700. The molecule has 0 aliphatic rings. The van der Waals surface area contributed by atoms with Crippen LogP contribution in [0, 0.1) is 5.41 Å². The molecular formula is C19H22N6O2. The molecule has 1 aromatic carbocycles. The molecule has 140 valence electrons. The predicted octanol–water partition coefficient (Wildman–Crippen LogP) is 1.98. The van der Waals surface area contributed by atoms with Crippen LogP contribution in [0.25, 0.3) is 11.2 Å². The molecule has 0 aliphatic heterocycles. The number of nitrogens with two attached hydrogens (primary N) is 1. The summed E-state index contributed by atoms with van der Waals surface area (Å²) in [5.74, 6) is -0.270. The van der Waals surface area contributed by atoms with Crippen molar-refractivity contribution in [3.8, 4) is 0 Å². The highest BCUT2D eigenvalue weighted by Gasteiger charge is 2.21. The second-order valence-corrected chi connectivity index (χ2v) is 7.27. The van der Waals surface area contributed by atoms with Crippen molar-refractivity contribution in [3.63, 3.8) is 0 Å². The molecule has 0 radical (unpaired) electrons. The van der Waals surface area contributed by atoms with Gasteiger partial charge in [0.1, 0.15) is 11.2 Å². The van der Waals surface area contributed by atoms with Crippen molar-refractivity contribution in [2.45, 2.75) is 32.9 Å². The largest absolute Gasteiger partial charge is 0.398 e. The lowest BCUT2D eigenvalue weighted by Crippen LogP contribution is -2.40. The van der Waals surface area contributed by atoms with Gasteiger partial charge in [0.15, 0.2) is 5.65 Å². The Morgan fingerprint density at radius 2 is 2.07 bits per heavy atom. The average Bonchev–Trinajstić information content (AvgIpc) is 3.03. The number of hydrogen-bond donors (Lipinski definition) is 5. The van der Waals surface area contributed by atoms with Crippen LogP contribution in [0.2, 0.25) is 0 Å². The zero-order chi connectivity index (χ0) is 19.8. The van der Waals surface area contributed by atoms with Gasteiger partial charge in [0.25, 0.3) is 5.91 Å². The Bertz CT molecular complexity index is 1030. The van der Waals surface area contributed by atoms with E-state index in [1.165, 1.54) is 6.20 Å².